The van der Waals surface area contributed by atoms with Gasteiger partial charge in [-0.3, -0.25) is 4.79 Å². The predicted molar refractivity (Wildman–Crippen MR) is 79.9 cm³/mol. The van der Waals surface area contributed by atoms with Gasteiger partial charge in [-0.1, -0.05) is 13.3 Å². The van der Waals surface area contributed by atoms with E-state index in [1.807, 2.05) is 31.2 Å². The third-order valence-corrected chi connectivity index (χ3v) is 4.15. The Hall–Kier alpha value is -1.77. The van der Waals surface area contributed by atoms with E-state index in [1.54, 1.807) is 0 Å². The zero-order valence-electron chi connectivity index (χ0n) is 12.2. The lowest BCUT2D eigenvalue weighted by molar-refractivity contribution is 0.0730. The maximum Gasteiger partial charge on any atom is 0.254 e. The van der Waals surface area contributed by atoms with Crippen LogP contribution in [0.25, 0.3) is 11.0 Å². The van der Waals surface area contributed by atoms with Gasteiger partial charge in [0, 0.05) is 23.5 Å². The molecule has 1 atom stereocenters. The van der Waals surface area contributed by atoms with Crippen molar-refractivity contribution in [3.8, 4) is 0 Å². The van der Waals surface area contributed by atoms with Crippen molar-refractivity contribution in [2.45, 2.75) is 45.6 Å². The van der Waals surface area contributed by atoms with Gasteiger partial charge in [-0.05, 0) is 50.5 Å². The minimum absolute atomic E-state index is 0.168. The molecule has 3 nitrogen and oxygen atoms in total. The monoisotopic (exact) mass is 271 g/mol. The summed E-state index contributed by atoms with van der Waals surface area (Å²) in [5.41, 5.74) is 1.63. The average Bonchev–Trinajstić information content (AvgIpc) is 3.02. The minimum atomic E-state index is 0.168. The third-order valence-electron chi connectivity index (χ3n) is 4.15. The first-order valence-electron chi connectivity index (χ1n) is 7.50. The number of amides is 1. The zero-order valence-corrected chi connectivity index (χ0v) is 12.2. The summed E-state index contributed by atoms with van der Waals surface area (Å²) < 4.78 is 5.56. The van der Waals surface area contributed by atoms with Crippen LogP contribution in [0, 0.1) is 6.92 Å². The summed E-state index contributed by atoms with van der Waals surface area (Å²) in [5, 5.41) is 1.01. The molecule has 1 amide bonds. The summed E-state index contributed by atoms with van der Waals surface area (Å²) in [7, 11) is 0. The molecular weight excluding hydrogens is 250 g/mol. The number of rotatable bonds is 3. The van der Waals surface area contributed by atoms with Gasteiger partial charge < -0.3 is 9.32 Å². The van der Waals surface area contributed by atoms with Gasteiger partial charge in [-0.25, -0.2) is 0 Å². The molecule has 3 rings (SSSR count). The van der Waals surface area contributed by atoms with Gasteiger partial charge in [0.25, 0.3) is 5.91 Å². The fourth-order valence-corrected chi connectivity index (χ4v) is 3.21. The first-order chi connectivity index (χ1) is 9.69. The van der Waals surface area contributed by atoms with E-state index in [0.717, 1.165) is 54.5 Å². The van der Waals surface area contributed by atoms with Crippen LogP contribution in [-0.4, -0.2) is 23.4 Å². The quantitative estimate of drug-likeness (QED) is 0.840. The van der Waals surface area contributed by atoms with Crippen LogP contribution in [0.2, 0.25) is 0 Å². The van der Waals surface area contributed by atoms with Crippen LogP contribution in [0.4, 0.5) is 0 Å². The maximum atomic E-state index is 12.7. The van der Waals surface area contributed by atoms with Crippen molar-refractivity contribution in [2.75, 3.05) is 6.54 Å². The molecule has 0 radical (unpaired) electrons. The van der Waals surface area contributed by atoms with E-state index < -0.39 is 0 Å². The van der Waals surface area contributed by atoms with Gasteiger partial charge in [-0.2, -0.15) is 0 Å². The van der Waals surface area contributed by atoms with Gasteiger partial charge in [0.2, 0.25) is 0 Å². The largest absolute Gasteiger partial charge is 0.461 e. The Morgan fingerprint density at radius 2 is 2.25 bits per heavy atom. The van der Waals surface area contributed by atoms with Crippen molar-refractivity contribution in [3.05, 3.63) is 35.6 Å². The normalized spacial score (nSPS) is 18.9. The van der Waals surface area contributed by atoms with Crippen molar-refractivity contribution < 1.29 is 9.21 Å². The van der Waals surface area contributed by atoms with Crippen LogP contribution in [-0.2, 0) is 0 Å². The van der Waals surface area contributed by atoms with Crippen molar-refractivity contribution in [1.29, 1.82) is 0 Å². The number of aryl methyl sites for hydroxylation is 1. The lowest BCUT2D eigenvalue weighted by Gasteiger charge is -2.24. The van der Waals surface area contributed by atoms with Gasteiger partial charge >= 0.3 is 0 Å². The van der Waals surface area contributed by atoms with Crippen molar-refractivity contribution in [2.24, 2.45) is 0 Å². The van der Waals surface area contributed by atoms with E-state index in [2.05, 4.69) is 11.8 Å². The van der Waals surface area contributed by atoms with Crippen LogP contribution in [0.5, 0.6) is 0 Å². The molecule has 20 heavy (non-hydrogen) atoms. The summed E-state index contributed by atoms with van der Waals surface area (Å²) in [6.45, 7) is 5.01. The summed E-state index contributed by atoms with van der Waals surface area (Å²) in [6, 6.07) is 8.15. The average molecular weight is 271 g/mol. The van der Waals surface area contributed by atoms with Gasteiger partial charge in [0.15, 0.2) is 0 Å². The fourth-order valence-electron chi connectivity index (χ4n) is 3.21. The number of hydrogen-bond acceptors (Lipinski definition) is 2. The maximum absolute atomic E-state index is 12.7. The molecule has 0 unspecified atom stereocenters. The number of furan rings is 1. The fraction of sp³-hybridized carbons (Fsp3) is 0.471. The number of fused-ring (bicyclic) bond motifs is 1. The Balaban J connectivity index is 1.87. The highest BCUT2D eigenvalue weighted by atomic mass is 16.3. The highest BCUT2D eigenvalue weighted by Crippen LogP contribution is 2.26. The second-order valence-corrected chi connectivity index (χ2v) is 5.69. The molecule has 106 valence electrons. The Morgan fingerprint density at radius 1 is 1.40 bits per heavy atom. The molecule has 1 aliphatic heterocycles. The van der Waals surface area contributed by atoms with E-state index in [-0.39, 0.29) is 5.91 Å². The number of nitrogens with zero attached hydrogens (tertiary/aromatic N) is 1. The zero-order chi connectivity index (χ0) is 14.1. The molecule has 0 bridgehead atoms. The summed E-state index contributed by atoms with van der Waals surface area (Å²) in [6.07, 6.45) is 4.52. The first kappa shape index (κ1) is 13.2. The van der Waals surface area contributed by atoms with Gasteiger partial charge in [-0.15, -0.1) is 0 Å². The molecule has 0 saturated carbocycles. The van der Waals surface area contributed by atoms with Crippen LogP contribution in [0.1, 0.15) is 48.7 Å². The standard InChI is InChI=1S/C17H21NO2/c1-3-5-15-6-4-9-18(15)17(19)13-7-8-16-14(11-13)10-12(2)20-16/h7-8,10-11,15H,3-6,9H2,1-2H3/t15-/m1/s1. The van der Waals surface area contributed by atoms with Crippen molar-refractivity contribution >= 4 is 16.9 Å². The van der Waals surface area contributed by atoms with E-state index in [9.17, 15) is 4.79 Å². The van der Waals surface area contributed by atoms with Crippen LogP contribution in [0.3, 0.4) is 0 Å². The molecule has 3 heteroatoms. The summed E-state index contributed by atoms with van der Waals surface area (Å²) in [4.78, 5) is 14.7. The van der Waals surface area contributed by atoms with Gasteiger partial charge in [0.1, 0.15) is 11.3 Å². The summed E-state index contributed by atoms with van der Waals surface area (Å²) in [5.74, 6) is 1.05. The molecule has 0 aliphatic carbocycles. The van der Waals surface area contributed by atoms with Crippen LogP contribution < -0.4 is 0 Å². The Morgan fingerprint density at radius 3 is 3.05 bits per heavy atom. The molecule has 2 aromatic rings. The Labute approximate surface area is 119 Å². The highest BCUT2D eigenvalue weighted by molar-refractivity contribution is 5.98. The molecule has 0 spiro atoms. The molecule has 1 saturated heterocycles. The van der Waals surface area contributed by atoms with Crippen LogP contribution >= 0.6 is 0 Å². The van der Waals surface area contributed by atoms with E-state index in [4.69, 9.17) is 4.42 Å². The smallest absolute Gasteiger partial charge is 0.254 e. The van der Waals surface area contributed by atoms with Crippen molar-refractivity contribution in [3.63, 3.8) is 0 Å². The number of benzene rings is 1. The Bertz CT molecular complexity index is 629. The second-order valence-electron chi connectivity index (χ2n) is 5.69. The molecular formula is C17H21NO2. The highest BCUT2D eigenvalue weighted by Gasteiger charge is 2.28. The molecule has 0 N–H and O–H groups in total. The van der Waals surface area contributed by atoms with E-state index >= 15 is 0 Å². The summed E-state index contributed by atoms with van der Waals surface area (Å²) >= 11 is 0. The van der Waals surface area contributed by atoms with E-state index in [0.29, 0.717) is 6.04 Å². The molecule has 1 aromatic carbocycles. The lowest BCUT2D eigenvalue weighted by Crippen LogP contribution is -2.35. The number of likely N-dealkylation sites (tertiary alicyclic amines) is 1. The number of carbonyl (C=O) groups is 1. The molecule has 1 fully saturated rings. The number of hydrogen-bond donors (Lipinski definition) is 0. The molecule has 1 aliphatic rings. The third kappa shape index (κ3) is 2.33. The SMILES string of the molecule is CCC[C@@H]1CCCN1C(=O)c1ccc2oc(C)cc2c1. The number of carbonyl (C=O) groups excluding carboxylic acids is 1. The Kier molecular flexibility index (Phi) is 3.51. The predicted octanol–water partition coefficient (Wildman–Crippen LogP) is 4.15. The van der Waals surface area contributed by atoms with Crippen molar-refractivity contribution in [1.82, 2.24) is 4.90 Å². The van der Waals surface area contributed by atoms with E-state index in [1.165, 1.54) is 0 Å². The lowest BCUT2D eigenvalue weighted by atomic mass is 10.1. The second kappa shape index (κ2) is 5.31. The molecule has 1 aromatic heterocycles. The minimum Gasteiger partial charge on any atom is -0.461 e. The van der Waals surface area contributed by atoms with Gasteiger partial charge in [0.05, 0.1) is 0 Å². The first-order valence-corrected chi connectivity index (χ1v) is 7.50. The topological polar surface area (TPSA) is 33.5 Å². The molecule has 2 heterocycles. The van der Waals surface area contributed by atoms with Crippen LogP contribution in [0.15, 0.2) is 28.7 Å².